The molecule has 0 bridgehead atoms. The van der Waals surface area contributed by atoms with E-state index in [1.165, 1.54) is 5.57 Å². The molecular formula is C15H26O3. The van der Waals surface area contributed by atoms with Crippen molar-refractivity contribution in [2.75, 3.05) is 19.8 Å². The van der Waals surface area contributed by atoms with Gasteiger partial charge >= 0.3 is 0 Å². The van der Waals surface area contributed by atoms with Crippen LogP contribution in [-0.2, 0) is 9.47 Å². The molecular weight excluding hydrogens is 228 g/mol. The van der Waals surface area contributed by atoms with Crippen LogP contribution >= 0.6 is 0 Å². The van der Waals surface area contributed by atoms with Gasteiger partial charge in [0, 0.05) is 6.42 Å². The quantitative estimate of drug-likeness (QED) is 0.709. The Morgan fingerprint density at radius 1 is 1.17 bits per heavy atom. The summed E-state index contributed by atoms with van der Waals surface area (Å²) in [5.74, 6) is -0.420. The average Bonchev–Trinajstić information content (AvgIpc) is 2.74. The number of allylic oxidation sites excluding steroid dienone is 3. The summed E-state index contributed by atoms with van der Waals surface area (Å²) in [5, 5.41) is 9.30. The summed E-state index contributed by atoms with van der Waals surface area (Å²) in [4.78, 5) is 0. The van der Waals surface area contributed by atoms with Gasteiger partial charge in [-0.2, -0.15) is 0 Å². The van der Waals surface area contributed by atoms with E-state index in [0.717, 1.165) is 31.3 Å². The Morgan fingerprint density at radius 2 is 1.83 bits per heavy atom. The Labute approximate surface area is 110 Å². The topological polar surface area (TPSA) is 38.7 Å². The molecule has 3 nitrogen and oxygen atoms in total. The number of hydrogen-bond acceptors (Lipinski definition) is 3. The predicted octanol–water partition coefficient (Wildman–Crippen LogP) is 3.19. The van der Waals surface area contributed by atoms with Crippen molar-refractivity contribution in [3.05, 3.63) is 23.3 Å². The molecule has 0 spiro atoms. The summed E-state index contributed by atoms with van der Waals surface area (Å²) < 4.78 is 11.1. The van der Waals surface area contributed by atoms with Gasteiger partial charge < -0.3 is 14.6 Å². The molecule has 0 saturated carbocycles. The minimum atomic E-state index is -0.420. The number of rotatable bonds is 7. The maximum atomic E-state index is 9.30. The van der Waals surface area contributed by atoms with Crippen molar-refractivity contribution in [2.45, 2.75) is 52.2 Å². The summed E-state index contributed by atoms with van der Waals surface area (Å²) in [6.07, 6.45) is 7.99. The molecule has 1 heterocycles. The van der Waals surface area contributed by atoms with Crippen molar-refractivity contribution < 1.29 is 14.6 Å². The Morgan fingerprint density at radius 3 is 2.39 bits per heavy atom. The molecule has 1 saturated heterocycles. The van der Waals surface area contributed by atoms with Crippen LogP contribution < -0.4 is 0 Å². The SMILES string of the molecule is CC(C)=CCCC(=CCCC1(C)OCCO1)CO. The fourth-order valence-corrected chi connectivity index (χ4v) is 2.03. The highest BCUT2D eigenvalue weighted by Crippen LogP contribution is 2.24. The van der Waals surface area contributed by atoms with Crippen LogP contribution in [0, 0.1) is 0 Å². The van der Waals surface area contributed by atoms with Crippen molar-refractivity contribution in [3.63, 3.8) is 0 Å². The highest BCUT2D eigenvalue weighted by atomic mass is 16.7. The first-order valence-corrected chi connectivity index (χ1v) is 6.76. The van der Waals surface area contributed by atoms with E-state index in [-0.39, 0.29) is 6.61 Å². The molecule has 1 aliphatic heterocycles. The molecule has 0 aromatic heterocycles. The normalized spacial score (nSPS) is 19.0. The predicted molar refractivity (Wildman–Crippen MR) is 73.4 cm³/mol. The Hall–Kier alpha value is -0.640. The molecule has 0 atom stereocenters. The number of aliphatic hydroxyl groups excluding tert-OH is 1. The monoisotopic (exact) mass is 254 g/mol. The van der Waals surface area contributed by atoms with Gasteiger partial charge in [0.05, 0.1) is 19.8 Å². The lowest BCUT2D eigenvalue weighted by molar-refractivity contribution is -0.145. The van der Waals surface area contributed by atoms with Crippen LogP contribution in [0.5, 0.6) is 0 Å². The second-order valence-electron chi connectivity index (χ2n) is 5.21. The van der Waals surface area contributed by atoms with E-state index in [0.29, 0.717) is 13.2 Å². The van der Waals surface area contributed by atoms with E-state index in [4.69, 9.17) is 9.47 Å². The molecule has 1 aliphatic rings. The van der Waals surface area contributed by atoms with Crippen molar-refractivity contribution in [1.29, 1.82) is 0 Å². The van der Waals surface area contributed by atoms with E-state index < -0.39 is 5.79 Å². The zero-order chi connectivity index (χ0) is 13.4. The van der Waals surface area contributed by atoms with Gasteiger partial charge in [0.1, 0.15) is 0 Å². The number of hydrogen-bond donors (Lipinski definition) is 1. The number of aliphatic hydroxyl groups is 1. The summed E-state index contributed by atoms with van der Waals surface area (Å²) in [6, 6.07) is 0. The first-order chi connectivity index (χ1) is 8.56. The van der Waals surface area contributed by atoms with Crippen LogP contribution in [0.4, 0.5) is 0 Å². The van der Waals surface area contributed by atoms with Crippen LogP contribution in [0.2, 0.25) is 0 Å². The number of ether oxygens (including phenoxy) is 2. The van der Waals surface area contributed by atoms with Crippen molar-refractivity contribution in [2.24, 2.45) is 0 Å². The lowest BCUT2D eigenvalue weighted by Crippen LogP contribution is -2.24. The van der Waals surface area contributed by atoms with Gasteiger partial charge in [0.25, 0.3) is 0 Å². The van der Waals surface area contributed by atoms with Crippen LogP contribution in [-0.4, -0.2) is 30.7 Å². The smallest absolute Gasteiger partial charge is 0.166 e. The molecule has 0 aliphatic carbocycles. The molecule has 1 fully saturated rings. The second-order valence-corrected chi connectivity index (χ2v) is 5.21. The third-order valence-electron chi connectivity index (χ3n) is 3.15. The Kier molecular flexibility index (Phi) is 6.61. The van der Waals surface area contributed by atoms with E-state index >= 15 is 0 Å². The first kappa shape index (κ1) is 15.4. The fourth-order valence-electron chi connectivity index (χ4n) is 2.03. The summed E-state index contributed by atoms with van der Waals surface area (Å²) in [6.45, 7) is 7.70. The van der Waals surface area contributed by atoms with Crippen molar-refractivity contribution in [1.82, 2.24) is 0 Å². The van der Waals surface area contributed by atoms with Gasteiger partial charge in [-0.05, 0) is 45.6 Å². The Bertz CT molecular complexity index is 295. The summed E-state index contributed by atoms with van der Waals surface area (Å²) in [5.41, 5.74) is 2.43. The van der Waals surface area contributed by atoms with Crippen LogP contribution in [0.1, 0.15) is 46.5 Å². The van der Waals surface area contributed by atoms with Crippen molar-refractivity contribution >= 4 is 0 Å². The molecule has 1 N–H and O–H groups in total. The van der Waals surface area contributed by atoms with Gasteiger partial charge in [-0.3, -0.25) is 0 Å². The zero-order valence-electron chi connectivity index (χ0n) is 11.9. The Balaban J connectivity index is 2.31. The van der Waals surface area contributed by atoms with Gasteiger partial charge in [0.2, 0.25) is 0 Å². The standard InChI is InChI=1S/C15H26O3/c1-13(2)6-4-7-14(12-16)8-5-9-15(3)17-10-11-18-15/h6,8,16H,4-5,7,9-12H2,1-3H3. The van der Waals surface area contributed by atoms with Gasteiger partial charge in [-0.1, -0.05) is 17.7 Å². The highest BCUT2D eigenvalue weighted by molar-refractivity contribution is 5.05. The lowest BCUT2D eigenvalue weighted by Gasteiger charge is -2.21. The average molecular weight is 254 g/mol. The van der Waals surface area contributed by atoms with Crippen molar-refractivity contribution in [3.8, 4) is 0 Å². The van der Waals surface area contributed by atoms with E-state index in [1.807, 2.05) is 6.92 Å². The molecule has 0 aromatic rings. The van der Waals surface area contributed by atoms with E-state index in [1.54, 1.807) is 0 Å². The van der Waals surface area contributed by atoms with Gasteiger partial charge in [-0.15, -0.1) is 0 Å². The molecule has 0 aromatic carbocycles. The van der Waals surface area contributed by atoms with Crippen LogP contribution in [0.15, 0.2) is 23.3 Å². The molecule has 104 valence electrons. The van der Waals surface area contributed by atoms with E-state index in [2.05, 4.69) is 26.0 Å². The maximum absolute atomic E-state index is 9.30. The molecule has 1 rings (SSSR count). The molecule has 0 radical (unpaired) electrons. The molecule has 0 unspecified atom stereocenters. The third kappa shape index (κ3) is 5.80. The summed E-state index contributed by atoms with van der Waals surface area (Å²) in [7, 11) is 0. The lowest BCUT2D eigenvalue weighted by atomic mass is 10.1. The zero-order valence-corrected chi connectivity index (χ0v) is 11.9. The first-order valence-electron chi connectivity index (χ1n) is 6.76. The third-order valence-corrected chi connectivity index (χ3v) is 3.15. The molecule has 3 heteroatoms. The fraction of sp³-hybridized carbons (Fsp3) is 0.733. The van der Waals surface area contributed by atoms with E-state index in [9.17, 15) is 5.11 Å². The summed E-state index contributed by atoms with van der Waals surface area (Å²) >= 11 is 0. The minimum absolute atomic E-state index is 0.148. The van der Waals surface area contributed by atoms with Crippen LogP contribution in [0.3, 0.4) is 0 Å². The second kappa shape index (κ2) is 7.72. The van der Waals surface area contributed by atoms with Gasteiger partial charge in [0.15, 0.2) is 5.79 Å². The maximum Gasteiger partial charge on any atom is 0.166 e. The van der Waals surface area contributed by atoms with Crippen LogP contribution in [0.25, 0.3) is 0 Å². The van der Waals surface area contributed by atoms with Gasteiger partial charge in [-0.25, -0.2) is 0 Å². The molecule has 18 heavy (non-hydrogen) atoms. The highest BCUT2D eigenvalue weighted by Gasteiger charge is 2.29. The largest absolute Gasteiger partial charge is 0.392 e. The molecule has 0 amide bonds. The minimum Gasteiger partial charge on any atom is -0.392 e.